The SMILES string of the molecule is Cc1ccc(CN(C)c2ncccc2F)o1. The molecule has 0 radical (unpaired) electrons. The van der Waals surface area contributed by atoms with Gasteiger partial charge in [0.15, 0.2) is 11.6 Å². The molecule has 84 valence electrons. The topological polar surface area (TPSA) is 29.3 Å². The summed E-state index contributed by atoms with van der Waals surface area (Å²) < 4.78 is 18.8. The number of aryl methyl sites for hydroxylation is 1. The third-order valence-electron chi connectivity index (χ3n) is 2.29. The van der Waals surface area contributed by atoms with Gasteiger partial charge in [0.05, 0.1) is 6.54 Å². The van der Waals surface area contributed by atoms with Crippen LogP contribution >= 0.6 is 0 Å². The highest BCUT2D eigenvalue weighted by atomic mass is 19.1. The second kappa shape index (κ2) is 4.35. The summed E-state index contributed by atoms with van der Waals surface area (Å²) in [6, 6.07) is 6.74. The first-order valence-electron chi connectivity index (χ1n) is 5.04. The van der Waals surface area contributed by atoms with Crippen LogP contribution in [-0.2, 0) is 6.54 Å². The van der Waals surface area contributed by atoms with Gasteiger partial charge in [0.1, 0.15) is 11.5 Å². The molecule has 0 aromatic carbocycles. The van der Waals surface area contributed by atoms with Crippen LogP contribution in [0.25, 0.3) is 0 Å². The Kier molecular flexibility index (Phi) is 2.90. The van der Waals surface area contributed by atoms with Crippen molar-refractivity contribution < 1.29 is 8.81 Å². The first kappa shape index (κ1) is 10.7. The highest BCUT2D eigenvalue weighted by Crippen LogP contribution is 2.17. The fourth-order valence-electron chi connectivity index (χ4n) is 1.54. The van der Waals surface area contributed by atoms with Crippen molar-refractivity contribution >= 4 is 5.82 Å². The molecule has 0 spiro atoms. The Labute approximate surface area is 93.5 Å². The van der Waals surface area contributed by atoms with Crippen molar-refractivity contribution in [2.75, 3.05) is 11.9 Å². The van der Waals surface area contributed by atoms with E-state index >= 15 is 0 Å². The summed E-state index contributed by atoms with van der Waals surface area (Å²) in [5.74, 6) is 1.65. The van der Waals surface area contributed by atoms with Crippen molar-refractivity contribution in [1.29, 1.82) is 0 Å². The number of furan rings is 1. The number of hydrogen-bond donors (Lipinski definition) is 0. The van der Waals surface area contributed by atoms with Gasteiger partial charge in [-0.15, -0.1) is 0 Å². The largest absolute Gasteiger partial charge is 0.464 e. The van der Waals surface area contributed by atoms with Gasteiger partial charge in [0, 0.05) is 13.2 Å². The molecule has 0 saturated carbocycles. The van der Waals surface area contributed by atoms with E-state index in [-0.39, 0.29) is 5.82 Å². The molecule has 0 unspecified atom stereocenters. The molecule has 2 aromatic rings. The maximum absolute atomic E-state index is 13.4. The second-order valence-electron chi connectivity index (χ2n) is 3.68. The number of anilines is 1. The zero-order chi connectivity index (χ0) is 11.5. The van der Waals surface area contributed by atoms with Crippen molar-refractivity contribution in [1.82, 2.24) is 4.98 Å². The monoisotopic (exact) mass is 220 g/mol. The third-order valence-corrected chi connectivity index (χ3v) is 2.29. The summed E-state index contributed by atoms with van der Waals surface area (Å²) in [4.78, 5) is 5.71. The van der Waals surface area contributed by atoms with Gasteiger partial charge in [0.25, 0.3) is 0 Å². The lowest BCUT2D eigenvalue weighted by Crippen LogP contribution is -2.18. The smallest absolute Gasteiger partial charge is 0.165 e. The van der Waals surface area contributed by atoms with Crippen LogP contribution in [0.4, 0.5) is 10.2 Å². The summed E-state index contributed by atoms with van der Waals surface area (Å²) in [7, 11) is 1.78. The molecule has 0 saturated heterocycles. The van der Waals surface area contributed by atoms with Gasteiger partial charge in [-0.1, -0.05) is 0 Å². The Balaban J connectivity index is 2.14. The first-order valence-corrected chi connectivity index (χ1v) is 5.04. The van der Waals surface area contributed by atoms with Crippen molar-refractivity contribution in [3.63, 3.8) is 0 Å². The van der Waals surface area contributed by atoms with Gasteiger partial charge in [-0.3, -0.25) is 0 Å². The lowest BCUT2D eigenvalue weighted by atomic mass is 10.3. The van der Waals surface area contributed by atoms with Crippen LogP contribution in [0.1, 0.15) is 11.5 Å². The summed E-state index contributed by atoms with van der Waals surface area (Å²) >= 11 is 0. The average Bonchev–Trinajstić information content (AvgIpc) is 2.64. The fraction of sp³-hybridized carbons (Fsp3) is 0.250. The summed E-state index contributed by atoms with van der Waals surface area (Å²) in [5.41, 5.74) is 0. The number of aromatic nitrogens is 1. The van der Waals surface area contributed by atoms with E-state index in [2.05, 4.69) is 4.98 Å². The van der Waals surface area contributed by atoms with Crippen LogP contribution in [0.5, 0.6) is 0 Å². The van der Waals surface area contributed by atoms with Crippen molar-refractivity contribution in [3.8, 4) is 0 Å². The van der Waals surface area contributed by atoms with E-state index in [4.69, 9.17) is 4.42 Å². The molecule has 2 rings (SSSR count). The normalized spacial score (nSPS) is 10.4. The molecule has 2 aromatic heterocycles. The Morgan fingerprint density at radius 1 is 1.38 bits per heavy atom. The molecular formula is C12H13FN2O. The maximum atomic E-state index is 13.4. The van der Waals surface area contributed by atoms with Gasteiger partial charge < -0.3 is 9.32 Å². The van der Waals surface area contributed by atoms with Gasteiger partial charge in [-0.2, -0.15) is 0 Å². The predicted molar refractivity (Wildman–Crippen MR) is 59.7 cm³/mol. The highest BCUT2D eigenvalue weighted by Gasteiger charge is 2.10. The van der Waals surface area contributed by atoms with Crippen LogP contribution in [0.2, 0.25) is 0 Å². The summed E-state index contributed by atoms with van der Waals surface area (Å²) in [5, 5.41) is 0. The molecule has 0 aliphatic rings. The van der Waals surface area contributed by atoms with Crippen LogP contribution in [0, 0.1) is 12.7 Å². The van der Waals surface area contributed by atoms with Crippen molar-refractivity contribution in [2.45, 2.75) is 13.5 Å². The first-order chi connectivity index (χ1) is 7.66. The molecule has 0 aliphatic carbocycles. The van der Waals surface area contributed by atoms with Crippen molar-refractivity contribution in [3.05, 3.63) is 47.8 Å². The fourth-order valence-corrected chi connectivity index (χ4v) is 1.54. The summed E-state index contributed by atoms with van der Waals surface area (Å²) in [6.45, 7) is 2.38. The lowest BCUT2D eigenvalue weighted by molar-refractivity contribution is 0.479. The van der Waals surface area contributed by atoms with E-state index in [1.165, 1.54) is 6.07 Å². The Bertz CT molecular complexity index is 481. The molecule has 4 heteroatoms. The summed E-state index contributed by atoms with van der Waals surface area (Å²) in [6.07, 6.45) is 1.57. The number of hydrogen-bond acceptors (Lipinski definition) is 3. The number of halogens is 1. The van der Waals surface area contributed by atoms with Crippen LogP contribution < -0.4 is 4.90 Å². The van der Waals surface area contributed by atoms with Gasteiger partial charge in [-0.05, 0) is 31.2 Å². The van der Waals surface area contributed by atoms with Crippen molar-refractivity contribution in [2.24, 2.45) is 0 Å². The Morgan fingerprint density at radius 2 is 2.19 bits per heavy atom. The molecule has 0 atom stereocenters. The standard InChI is InChI=1S/C12H13FN2O/c1-9-5-6-10(16-9)8-15(2)12-11(13)4-3-7-14-12/h3-7H,8H2,1-2H3. The number of rotatable bonds is 3. The zero-order valence-electron chi connectivity index (χ0n) is 9.27. The molecule has 0 bridgehead atoms. The molecule has 2 heterocycles. The lowest BCUT2D eigenvalue weighted by Gasteiger charge is -2.16. The minimum absolute atomic E-state index is 0.326. The average molecular weight is 220 g/mol. The van der Waals surface area contributed by atoms with E-state index in [0.717, 1.165) is 11.5 Å². The highest BCUT2D eigenvalue weighted by molar-refractivity contribution is 5.38. The van der Waals surface area contributed by atoms with E-state index in [0.29, 0.717) is 12.4 Å². The molecule has 0 fully saturated rings. The predicted octanol–water partition coefficient (Wildman–Crippen LogP) is 2.76. The van der Waals surface area contributed by atoms with E-state index in [9.17, 15) is 4.39 Å². The van der Waals surface area contributed by atoms with E-state index in [1.54, 1.807) is 24.2 Å². The van der Waals surface area contributed by atoms with Crippen LogP contribution in [-0.4, -0.2) is 12.0 Å². The molecular weight excluding hydrogens is 207 g/mol. The quantitative estimate of drug-likeness (QED) is 0.796. The van der Waals surface area contributed by atoms with Crippen LogP contribution in [0.15, 0.2) is 34.9 Å². The third kappa shape index (κ3) is 2.21. The second-order valence-corrected chi connectivity index (χ2v) is 3.68. The molecule has 0 N–H and O–H groups in total. The zero-order valence-corrected chi connectivity index (χ0v) is 9.27. The van der Waals surface area contributed by atoms with E-state index in [1.807, 2.05) is 19.1 Å². The molecule has 0 aliphatic heterocycles. The minimum atomic E-state index is -0.326. The number of pyridine rings is 1. The molecule has 0 amide bonds. The Hall–Kier alpha value is -1.84. The molecule has 16 heavy (non-hydrogen) atoms. The minimum Gasteiger partial charge on any atom is -0.464 e. The van der Waals surface area contributed by atoms with E-state index < -0.39 is 0 Å². The number of nitrogens with zero attached hydrogens (tertiary/aromatic N) is 2. The van der Waals surface area contributed by atoms with Gasteiger partial charge >= 0.3 is 0 Å². The van der Waals surface area contributed by atoms with Gasteiger partial charge in [-0.25, -0.2) is 9.37 Å². The maximum Gasteiger partial charge on any atom is 0.165 e. The Morgan fingerprint density at radius 3 is 2.81 bits per heavy atom. The van der Waals surface area contributed by atoms with Crippen LogP contribution in [0.3, 0.4) is 0 Å². The van der Waals surface area contributed by atoms with Gasteiger partial charge in [0.2, 0.25) is 0 Å². The molecule has 3 nitrogen and oxygen atoms in total.